The third-order valence-corrected chi connectivity index (χ3v) is 4.92. The Hall–Kier alpha value is -0.460. The lowest BCUT2D eigenvalue weighted by molar-refractivity contribution is -0.126. The maximum Gasteiger partial charge on any atom is 0.240 e. The van der Waals surface area contributed by atoms with Crippen molar-refractivity contribution in [3.05, 3.63) is 28.8 Å². The Kier molecular flexibility index (Phi) is 6.20. The molecule has 0 bridgehead atoms. The first-order valence-corrected chi connectivity index (χ1v) is 8.14. The van der Waals surface area contributed by atoms with Crippen molar-refractivity contribution >= 4 is 41.7 Å². The van der Waals surface area contributed by atoms with Crippen molar-refractivity contribution in [1.29, 1.82) is 0 Å². The van der Waals surface area contributed by atoms with E-state index in [1.807, 2.05) is 30.0 Å². The molecule has 1 saturated heterocycles. The molecule has 1 amide bonds. The van der Waals surface area contributed by atoms with E-state index >= 15 is 0 Å². The number of ether oxygens (including phenoxy) is 1. The Morgan fingerprint density at radius 3 is 3.10 bits per heavy atom. The number of morpholine rings is 1. The zero-order valence-electron chi connectivity index (χ0n) is 11.4. The maximum atomic E-state index is 12.3. The highest BCUT2D eigenvalue weighted by atomic mass is 35.5. The van der Waals surface area contributed by atoms with Gasteiger partial charge in [-0.05, 0) is 30.2 Å². The van der Waals surface area contributed by atoms with E-state index in [-0.39, 0.29) is 30.4 Å². The Morgan fingerprint density at radius 2 is 2.33 bits per heavy atom. The fourth-order valence-electron chi connectivity index (χ4n) is 2.52. The number of rotatable bonds is 2. The number of thioether (sulfide) groups is 1. The number of halogens is 2. The van der Waals surface area contributed by atoms with Crippen molar-refractivity contribution in [2.75, 3.05) is 25.5 Å². The number of nitrogens with one attached hydrogen (secondary N) is 2. The molecule has 1 aromatic carbocycles. The maximum absolute atomic E-state index is 12.3. The van der Waals surface area contributed by atoms with Crippen LogP contribution in [0.1, 0.15) is 18.0 Å². The highest BCUT2D eigenvalue weighted by Gasteiger charge is 2.27. The Labute approximate surface area is 139 Å². The molecule has 0 aliphatic carbocycles. The van der Waals surface area contributed by atoms with Gasteiger partial charge in [-0.25, -0.2) is 0 Å². The molecule has 2 aliphatic rings. The molecule has 1 fully saturated rings. The molecule has 0 saturated carbocycles. The molecule has 116 valence electrons. The summed E-state index contributed by atoms with van der Waals surface area (Å²) in [6.45, 7) is 1.83. The summed E-state index contributed by atoms with van der Waals surface area (Å²) in [5.74, 6) is 1.02. The normalized spacial score (nSPS) is 24.6. The van der Waals surface area contributed by atoms with Crippen molar-refractivity contribution < 1.29 is 9.53 Å². The summed E-state index contributed by atoms with van der Waals surface area (Å²) in [7, 11) is 0. The number of carbonyl (C=O) groups excluding carboxylic acids is 1. The van der Waals surface area contributed by atoms with E-state index in [9.17, 15) is 4.79 Å². The minimum Gasteiger partial charge on any atom is -0.378 e. The summed E-state index contributed by atoms with van der Waals surface area (Å²) in [6, 6.07) is 5.68. The van der Waals surface area contributed by atoms with Gasteiger partial charge >= 0.3 is 0 Å². The van der Waals surface area contributed by atoms with Crippen molar-refractivity contribution in [3.8, 4) is 0 Å². The zero-order chi connectivity index (χ0) is 13.9. The minimum absolute atomic E-state index is 0. The predicted octanol–water partition coefficient (Wildman–Crippen LogP) is 2.40. The number of hydrogen-bond donors (Lipinski definition) is 2. The summed E-state index contributed by atoms with van der Waals surface area (Å²) in [5, 5.41) is 7.01. The average Bonchev–Trinajstić information content (AvgIpc) is 2.49. The van der Waals surface area contributed by atoms with Crippen LogP contribution < -0.4 is 10.6 Å². The number of hydrogen-bond acceptors (Lipinski definition) is 4. The average molecular weight is 349 g/mol. The summed E-state index contributed by atoms with van der Waals surface area (Å²) in [6.07, 6.45) is 0.928. The van der Waals surface area contributed by atoms with Crippen LogP contribution in [-0.4, -0.2) is 37.5 Å². The molecule has 2 atom stereocenters. The highest BCUT2D eigenvalue weighted by Crippen LogP contribution is 2.37. The molecule has 7 heteroatoms. The molecule has 2 heterocycles. The third-order valence-electron chi connectivity index (χ3n) is 3.57. The van der Waals surface area contributed by atoms with E-state index < -0.39 is 0 Å². The van der Waals surface area contributed by atoms with E-state index in [2.05, 4.69) is 10.6 Å². The first kappa shape index (κ1) is 16.9. The highest BCUT2D eigenvalue weighted by molar-refractivity contribution is 7.99. The number of fused-ring (bicyclic) bond motifs is 1. The Balaban J connectivity index is 0.00000161. The van der Waals surface area contributed by atoms with Crippen LogP contribution in [0, 0.1) is 0 Å². The van der Waals surface area contributed by atoms with Crippen LogP contribution in [0.15, 0.2) is 23.1 Å². The lowest BCUT2D eigenvalue weighted by Crippen LogP contribution is -2.52. The third kappa shape index (κ3) is 4.05. The molecule has 0 radical (unpaired) electrons. The SMILES string of the molecule is Cl.O=C(NC1CCSc2ccc(Cl)cc21)C1COCCN1. The van der Waals surface area contributed by atoms with Gasteiger partial charge in [0.1, 0.15) is 6.04 Å². The molecule has 2 unspecified atom stereocenters. The lowest BCUT2D eigenvalue weighted by atomic mass is 10.0. The summed E-state index contributed by atoms with van der Waals surface area (Å²) in [5.41, 5.74) is 1.12. The van der Waals surface area contributed by atoms with Crippen molar-refractivity contribution in [3.63, 3.8) is 0 Å². The van der Waals surface area contributed by atoms with E-state index in [4.69, 9.17) is 16.3 Å². The fourth-order valence-corrected chi connectivity index (χ4v) is 3.81. The van der Waals surface area contributed by atoms with Gasteiger partial charge in [0.05, 0.1) is 19.3 Å². The van der Waals surface area contributed by atoms with Gasteiger partial charge in [-0.1, -0.05) is 11.6 Å². The first-order valence-electron chi connectivity index (χ1n) is 6.78. The van der Waals surface area contributed by atoms with E-state index in [0.717, 1.165) is 24.3 Å². The topological polar surface area (TPSA) is 50.4 Å². The van der Waals surface area contributed by atoms with Crippen LogP contribution >= 0.6 is 35.8 Å². The molecular formula is C14H18Cl2N2O2S. The van der Waals surface area contributed by atoms with Gasteiger partial charge in [0.2, 0.25) is 5.91 Å². The van der Waals surface area contributed by atoms with Crippen LogP contribution in [0.2, 0.25) is 5.02 Å². The Morgan fingerprint density at radius 1 is 1.48 bits per heavy atom. The predicted molar refractivity (Wildman–Crippen MR) is 87.5 cm³/mol. The van der Waals surface area contributed by atoms with Crippen molar-refractivity contribution in [2.45, 2.75) is 23.4 Å². The van der Waals surface area contributed by atoms with Crippen molar-refractivity contribution in [1.82, 2.24) is 10.6 Å². The van der Waals surface area contributed by atoms with Crippen molar-refractivity contribution in [2.24, 2.45) is 0 Å². The van der Waals surface area contributed by atoms with Crippen LogP contribution in [0.3, 0.4) is 0 Å². The van der Waals surface area contributed by atoms with E-state index in [1.165, 1.54) is 4.90 Å². The van der Waals surface area contributed by atoms with E-state index in [0.29, 0.717) is 18.2 Å². The van der Waals surface area contributed by atoms with E-state index in [1.54, 1.807) is 0 Å². The molecule has 4 nitrogen and oxygen atoms in total. The number of amides is 1. The summed E-state index contributed by atoms with van der Waals surface area (Å²) < 4.78 is 5.33. The molecule has 0 spiro atoms. The first-order chi connectivity index (χ1) is 9.74. The molecule has 21 heavy (non-hydrogen) atoms. The zero-order valence-corrected chi connectivity index (χ0v) is 13.8. The fraction of sp³-hybridized carbons (Fsp3) is 0.500. The largest absolute Gasteiger partial charge is 0.378 e. The van der Waals surface area contributed by atoms with Crippen LogP contribution in [0.25, 0.3) is 0 Å². The van der Waals surface area contributed by atoms with Gasteiger partial charge in [-0.3, -0.25) is 4.79 Å². The molecule has 2 N–H and O–H groups in total. The summed E-state index contributed by atoms with van der Waals surface area (Å²) >= 11 is 7.89. The van der Waals surface area contributed by atoms with Gasteiger partial charge in [0.15, 0.2) is 0 Å². The number of carbonyl (C=O) groups is 1. The quantitative estimate of drug-likeness (QED) is 0.861. The van der Waals surface area contributed by atoms with Crippen LogP contribution in [-0.2, 0) is 9.53 Å². The number of benzene rings is 1. The Bertz CT molecular complexity index is 510. The second-order valence-corrected chi connectivity index (χ2v) is 6.54. The second-order valence-electron chi connectivity index (χ2n) is 4.96. The monoisotopic (exact) mass is 348 g/mol. The lowest BCUT2D eigenvalue weighted by Gasteiger charge is -2.29. The summed E-state index contributed by atoms with van der Waals surface area (Å²) in [4.78, 5) is 13.5. The second kappa shape index (κ2) is 7.70. The molecular weight excluding hydrogens is 331 g/mol. The molecule has 1 aromatic rings. The molecule has 2 aliphatic heterocycles. The molecule has 3 rings (SSSR count). The van der Waals surface area contributed by atoms with Gasteiger partial charge in [0, 0.05) is 22.2 Å². The minimum atomic E-state index is -0.249. The molecule has 0 aromatic heterocycles. The van der Waals surface area contributed by atoms with Gasteiger partial charge in [-0.15, -0.1) is 24.2 Å². The van der Waals surface area contributed by atoms with Gasteiger partial charge in [0.25, 0.3) is 0 Å². The van der Waals surface area contributed by atoms with Crippen LogP contribution in [0.5, 0.6) is 0 Å². The van der Waals surface area contributed by atoms with Gasteiger partial charge < -0.3 is 15.4 Å². The standard InChI is InChI=1S/C14H17ClN2O2S.ClH/c15-9-1-2-13-10(7-9)11(3-6-20-13)17-14(18)12-8-19-5-4-16-12;/h1-2,7,11-12,16H,3-6,8H2,(H,17,18);1H. The smallest absolute Gasteiger partial charge is 0.240 e. The van der Waals surface area contributed by atoms with Crippen LogP contribution in [0.4, 0.5) is 0 Å². The van der Waals surface area contributed by atoms with Gasteiger partial charge in [-0.2, -0.15) is 0 Å².